The lowest BCUT2D eigenvalue weighted by molar-refractivity contribution is -0.136. The zero-order valence-corrected chi connectivity index (χ0v) is 34.4. The molecular formula is C47H44F2N8O6. The number of nitrogens with zero attached hydrogens (tertiary/aromatic N) is 6. The van der Waals surface area contributed by atoms with Crippen LogP contribution >= 0.6 is 0 Å². The van der Waals surface area contributed by atoms with Crippen molar-refractivity contribution in [1.82, 2.24) is 40.2 Å². The minimum absolute atomic E-state index is 0.000706. The van der Waals surface area contributed by atoms with Crippen LogP contribution < -0.4 is 10.6 Å². The standard InChI is InChI=1S/C47H44F2N8O6/c48-37-21-29(22-38(49)36(37)23-32-25-50-16-19-63-32)33-7-5-8-39-44(33)53-40(26-51-39)30-24-52-56(27-30)31-14-17-55(18-15-31)43(59)9-4-2-1-3-6-28-10-11-34-35(20-28)47(62)57(46(34)61)41-12-13-42(58)54-45(41)60/h5,7-8,10-11,20-22,24,26-27,31-32,41,50H,1-2,4,9,12-19,23,25H2,(H,54,58,60). The summed E-state index contributed by atoms with van der Waals surface area (Å²) in [4.78, 5) is 75.4. The molecule has 16 heteroatoms. The molecule has 3 aromatic carbocycles. The number of amides is 5. The molecule has 5 aromatic rings. The zero-order chi connectivity index (χ0) is 43.6. The molecule has 6 heterocycles. The van der Waals surface area contributed by atoms with Gasteiger partial charge in [0.2, 0.25) is 17.7 Å². The van der Waals surface area contributed by atoms with Crippen molar-refractivity contribution < 1.29 is 37.5 Å². The van der Waals surface area contributed by atoms with Gasteiger partial charge in [-0.15, -0.1) is 0 Å². The van der Waals surface area contributed by atoms with Gasteiger partial charge in [-0.3, -0.25) is 43.9 Å². The van der Waals surface area contributed by atoms with Crippen molar-refractivity contribution >= 4 is 40.6 Å². The van der Waals surface area contributed by atoms with Crippen LogP contribution in [0, 0.1) is 23.5 Å². The summed E-state index contributed by atoms with van der Waals surface area (Å²) < 4.78 is 38.3. The Morgan fingerprint density at radius 2 is 1.71 bits per heavy atom. The molecule has 0 saturated carbocycles. The SMILES string of the molecule is O=C1CCC(N2C(=O)c3ccc(C#CCCCCC(=O)N4CCC(n5cc(-c6cnc7cccc(-c8cc(F)c(CC9CNCCO9)c(F)c8)c7n6)cn5)CC4)cc3C2=O)C(=O)N1. The highest BCUT2D eigenvalue weighted by molar-refractivity contribution is 6.23. The number of imide groups is 2. The summed E-state index contributed by atoms with van der Waals surface area (Å²) in [6, 6.07) is 11.9. The van der Waals surface area contributed by atoms with E-state index in [2.05, 4.69) is 32.6 Å². The molecule has 9 rings (SSSR count). The number of carbonyl (C=O) groups is 5. The lowest BCUT2D eigenvalue weighted by atomic mass is 9.98. The second kappa shape index (κ2) is 18.0. The van der Waals surface area contributed by atoms with E-state index >= 15 is 8.78 Å². The Morgan fingerprint density at radius 1 is 0.905 bits per heavy atom. The molecule has 4 aliphatic heterocycles. The van der Waals surface area contributed by atoms with Gasteiger partial charge in [-0.1, -0.05) is 24.0 Å². The highest BCUT2D eigenvalue weighted by atomic mass is 19.1. The van der Waals surface area contributed by atoms with E-state index in [0.717, 1.165) is 23.3 Å². The molecule has 2 N–H and O–H groups in total. The number of unbranched alkanes of at least 4 members (excludes halogenated alkanes) is 2. The van der Waals surface area contributed by atoms with E-state index in [4.69, 9.17) is 9.72 Å². The van der Waals surface area contributed by atoms with Crippen LogP contribution in [0.3, 0.4) is 0 Å². The number of likely N-dealkylation sites (tertiary alicyclic amines) is 1. The number of rotatable bonds is 10. The third-order valence-corrected chi connectivity index (χ3v) is 12.2. The van der Waals surface area contributed by atoms with Gasteiger partial charge in [-0.05, 0) is 74.1 Å². The number of ether oxygens (including phenoxy) is 1. The molecule has 0 spiro atoms. The lowest BCUT2D eigenvalue weighted by Gasteiger charge is -2.32. The number of aromatic nitrogens is 4. The topological polar surface area (TPSA) is 169 Å². The number of para-hydroxylation sites is 1. The quantitative estimate of drug-likeness (QED) is 0.109. The highest BCUT2D eigenvalue weighted by Gasteiger charge is 2.44. The fourth-order valence-corrected chi connectivity index (χ4v) is 8.75. The normalized spacial score (nSPS) is 19.3. The van der Waals surface area contributed by atoms with Gasteiger partial charge < -0.3 is 15.0 Å². The van der Waals surface area contributed by atoms with Crippen molar-refractivity contribution in [1.29, 1.82) is 0 Å². The molecule has 3 fully saturated rings. The predicted molar refractivity (Wildman–Crippen MR) is 226 cm³/mol. The molecule has 4 aliphatic rings. The molecule has 0 bridgehead atoms. The van der Waals surface area contributed by atoms with E-state index in [1.165, 1.54) is 18.2 Å². The molecule has 3 saturated heterocycles. The first-order valence-electron chi connectivity index (χ1n) is 21.3. The van der Waals surface area contributed by atoms with E-state index in [1.807, 2.05) is 21.8 Å². The first kappa shape index (κ1) is 41.6. The van der Waals surface area contributed by atoms with E-state index in [9.17, 15) is 24.0 Å². The fraction of sp³-hybridized carbons (Fsp3) is 0.362. The summed E-state index contributed by atoms with van der Waals surface area (Å²) in [5.41, 5.74) is 4.33. The third kappa shape index (κ3) is 8.71. The maximum absolute atomic E-state index is 15.4. The van der Waals surface area contributed by atoms with E-state index < -0.39 is 41.3 Å². The minimum Gasteiger partial charge on any atom is -0.375 e. The van der Waals surface area contributed by atoms with Crippen molar-refractivity contribution in [2.24, 2.45) is 0 Å². The smallest absolute Gasteiger partial charge is 0.262 e. The molecule has 5 amide bonds. The van der Waals surface area contributed by atoms with Gasteiger partial charge in [-0.2, -0.15) is 5.10 Å². The lowest BCUT2D eigenvalue weighted by Crippen LogP contribution is -2.54. The molecule has 14 nitrogen and oxygen atoms in total. The van der Waals surface area contributed by atoms with Crippen LogP contribution in [-0.4, -0.2) is 104 Å². The number of fused-ring (bicyclic) bond motifs is 2. The number of nitrogens with one attached hydrogen (secondary N) is 2. The maximum Gasteiger partial charge on any atom is 0.262 e. The molecular weight excluding hydrogens is 811 g/mol. The van der Waals surface area contributed by atoms with Gasteiger partial charge in [-0.25, -0.2) is 13.8 Å². The summed E-state index contributed by atoms with van der Waals surface area (Å²) >= 11 is 0. The first-order valence-corrected chi connectivity index (χ1v) is 21.3. The van der Waals surface area contributed by atoms with Gasteiger partial charge in [0.25, 0.3) is 11.8 Å². The van der Waals surface area contributed by atoms with Crippen LogP contribution in [0.15, 0.2) is 67.1 Å². The second-order valence-corrected chi connectivity index (χ2v) is 16.3. The molecule has 322 valence electrons. The van der Waals surface area contributed by atoms with Gasteiger partial charge in [0.05, 0.1) is 59.0 Å². The van der Waals surface area contributed by atoms with Gasteiger partial charge in [0.1, 0.15) is 17.7 Å². The van der Waals surface area contributed by atoms with Crippen LogP contribution in [0.5, 0.6) is 0 Å². The first-order chi connectivity index (χ1) is 30.6. The van der Waals surface area contributed by atoms with E-state index in [1.54, 1.807) is 36.7 Å². The molecule has 2 atom stereocenters. The molecule has 0 aliphatic carbocycles. The number of benzene rings is 3. The fourth-order valence-electron chi connectivity index (χ4n) is 8.75. The summed E-state index contributed by atoms with van der Waals surface area (Å²) in [6.07, 6.45) is 9.12. The van der Waals surface area contributed by atoms with E-state index in [0.29, 0.717) is 91.9 Å². The Hall–Kier alpha value is -6.70. The van der Waals surface area contributed by atoms with Crippen molar-refractivity contribution in [3.05, 3.63) is 101 Å². The summed E-state index contributed by atoms with van der Waals surface area (Å²) in [5, 5.41) is 10.0. The highest BCUT2D eigenvalue weighted by Crippen LogP contribution is 2.33. The van der Waals surface area contributed by atoms with Crippen LogP contribution in [0.4, 0.5) is 8.78 Å². The number of morpholine rings is 1. The molecule has 63 heavy (non-hydrogen) atoms. The second-order valence-electron chi connectivity index (χ2n) is 16.3. The Labute approximate surface area is 361 Å². The average Bonchev–Trinajstić information content (AvgIpc) is 3.88. The summed E-state index contributed by atoms with van der Waals surface area (Å²) in [7, 11) is 0. The average molecular weight is 855 g/mol. The summed E-state index contributed by atoms with van der Waals surface area (Å²) in [6.45, 7) is 2.97. The number of carbonyl (C=O) groups excluding carboxylic acids is 5. The number of hydrogen-bond acceptors (Lipinski definition) is 10. The van der Waals surface area contributed by atoms with Gasteiger partial charge >= 0.3 is 0 Å². The van der Waals surface area contributed by atoms with Crippen LogP contribution in [0.2, 0.25) is 0 Å². The zero-order valence-electron chi connectivity index (χ0n) is 34.4. The molecule has 0 radical (unpaired) electrons. The monoisotopic (exact) mass is 854 g/mol. The van der Waals surface area contributed by atoms with Crippen molar-refractivity contribution in [2.45, 2.75) is 76.0 Å². The molecule has 2 aromatic heterocycles. The van der Waals surface area contributed by atoms with Crippen molar-refractivity contribution in [2.75, 3.05) is 32.8 Å². The third-order valence-electron chi connectivity index (χ3n) is 12.2. The van der Waals surface area contributed by atoms with Crippen LogP contribution in [0.1, 0.15) is 89.3 Å². The predicted octanol–water partition coefficient (Wildman–Crippen LogP) is 5.15. The Kier molecular flexibility index (Phi) is 11.9. The van der Waals surface area contributed by atoms with Crippen molar-refractivity contribution in [3.8, 4) is 34.2 Å². The van der Waals surface area contributed by atoms with Crippen LogP contribution in [0.25, 0.3) is 33.4 Å². The number of hydrogen-bond donors (Lipinski definition) is 2. The maximum atomic E-state index is 15.4. The van der Waals surface area contributed by atoms with E-state index in [-0.39, 0.29) is 54.0 Å². The number of piperidine rings is 2. The van der Waals surface area contributed by atoms with Gasteiger partial charge in [0.15, 0.2) is 0 Å². The summed E-state index contributed by atoms with van der Waals surface area (Å²) in [5.74, 6) is 2.75. The Bertz CT molecular complexity index is 2690. The number of halogens is 2. The van der Waals surface area contributed by atoms with Crippen molar-refractivity contribution in [3.63, 3.8) is 0 Å². The van der Waals surface area contributed by atoms with Crippen LogP contribution in [-0.2, 0) is 25.5 Å². The largest absolute Gasteiger partial charge is 0.375 e. The Morgan fingerprint density at radius 3 is 2.49 bits per heavy atom. The van der Waals surface area contributed by atoms with Gasteiger partial charge in [0, 0.05) is 80.3 Å². The minimum atomic E-state index is -1.02. The molecule has 2 unspecified atom stereocenters. The Balaban J connectivity index is 0.758.